The van der Waals surface area contributed by atoms with Gasteiger partial charge in [0.2, 0.25) is 0 Å². The van der Waals surface area contributed by atoms with Crippen molar-refractivity contribution in [2.45, 2.75) is 18.3 Å². The lowest BCUT2D eigenvalue weighted by Crippen LogP contribution is -2.44. The van der Waals surface area contributed by atoms with Crippen molar-refractivity contribution in [2.24, 2.45) is 0 Å². The maximum atomic E-state index is 13.2. The number of aromatic nitrogens is 2. The average Bonchev–Trinajstić information content (AvgIpc) is 3.23. The molecular weight excluding hydrogens is 393 g/mol. The summed E-state index contributed by atoms with van der Waals surface area (Å²) in [5.74, 6) is -0.567. The van der Waals surface area contributed by atoms with E-state index >= 15 is 0 Å². The van der Waals surface area contributed by atoms with Gasteiger partial charge in [-0.2, -0.15) is 0 Å². The Balaban J connectivity index is 1.55. The smallest absolute Gasteiger partial charge is 0.269 e. The molecule has 0 spiro atoms. The summed E-state index contributed by atoms with van der Waals surface area (Å²) in [7, 11) is 0. The first-order chi connectivity index (χ1) is 14.1. The molecule has 0 unspecified atom stereocenters. The van der Waals surface area contributed by atoms with Crippen molar-refractivity contribution in [1.82, 2.24) is 14.9 Å². The number of imidazole rings is 1. The highest BCUT2D eigenvalue weighted by atomic mass is 35.5. The van der Waals surface area contributed by atoms with Crippen LogP contribution in [0.4, 0.5) is 4.39 Å². The normalized spacial score (nSPS) is 15.8. The lowest BCUT2D eigenvalue weighted by atomic mass is 9.74. The maximum absolute atomic E-state index is 13.2. The summed E-state index contributed by atoms with van der Waals surface area (Å²) < 4.78 is 20.4. The first-order valence-electron chi connectivity index (χ1n) is 9.48. The van der Waals surface area contributed by atoms with Crippen LogP contribution in [0.25, 0.3) is 5.69 Å². The van der Waals surface area contributed by atoms with Gasteiger partial charge in [-0.15, -0.1) is 0 Å². The summed E-state index contributed by atoms with van der Waals surface area (Å²) in [6, 6.07) is 13.7. The second kappa shape index (κ2) is 8.35. The number of ether oxygens (including phenoxy) is 1. The molecule has 3 aromatic rings. The number of halogens is 2. The molecule has 7 heteroatoms. The second-order valence-electron chi connectivity index (χ2n) is 7.21. The van der Waals surface area contributed by atoms with E-state index in [0.29, 0.717) is 36.2 Å². The number of hydrogen-bond acceptors (Lipinski definition) is 3. The lowest BCUT2D eigenvalue weighted by molar-refractivity contribution is 0.0486. The third-order valence-electron chi connectivity index (χ3n) is 5.45. The molecule has 29 heavy (non-hydrogen) atoms. The van der Waals surface area contributed by atoms with E-state index in [1.807, 2.05) is 24.3 Å². The third kappa shape index (κ3) is 4.18. The number of benzene rings is 2. The number of amides is 1. The third-order valence-corrected chi connectivity index (χ3v) is 5.69. The number of carbonyl (C=O) groups excluding carboxylic acids is 1. The Morgan fingerprint density at radius 3 is 2.69 bits per heavy atom. The Labute approximate surface area is 173 Å². The molecule has 0 radical (unpaired) electrons. The molecule has 0 saturated carbocycles. The van der Waals surface area contributed by atoms with Gasteiger partial charge in [0.1, 0.15) is 11.5 Å². The van der Waals surface area contributed by atoms with Crippen LogP contribution in [0.1, 0.15) is 28.9 Å². The standard InChI is InChI=1S/C22H21ClFN3O2/c23-17-3-1-2-16(12-17)22(8-10-29-11-9-22)14-26-21(28)20-13-25-15-27(20)19-6-4-18(24)5-7-19/h1-7,12-13,15H,8-11,14H2,(H,26,28). The van der Waals surface area contributed by atoms with Gasteiger partial charge < -0.3 is 10.1 Å². The molecule has 5 nitrogen and oxygen atoms in total. The molecule has 1 saturated heterocycles. The molecule has 0 atom stereocenters. The molecule has 1 N–H and O–H groups in total. The highest BCUT2D eigenvalue weighted by Crippen LogP contribution is 2.35. The van der Waals surface area contributed by atoms with E-state index in [9.17, 15) is 9.18 Å². The van der Waals surface area contributed by atoms with Crippen LogP contribution in [0.2, 0.25) is 5.02 Å². The van der Waals surface area contributed by atoms with E-state index in [1.165, 1.54) is 18.3 Å². The summed E-state index contributed by atoms with van der Waals surface area (Å²) in [4.78, 5) is 17.0. The Bertz CT molecular complexity index is 997. The molecule has 4 rings (SSSR count). The minimum atomic E-state index is -0.331. The van der Waals surface area contributed by atoms with Crippen LogP contribution in [0.15, 0.2) is 61.1 Å². The van der Waals surface area contributed by atoms with Crippen molar-refractivity contribution in [1.29, 1.82) is 0 Å². The number of rotatable bonds is 5. The molecule has 2 heterocycles. The van der Waals surface area contributed by atoms with Crippen molar-refractivity contribution in [3.8, 4) is 5.69 Å². The van der Waals surface area contributed by atoms with Crippen LogP contribution in [0.5, 0.6) is 0 Å². The molecule has 1 aliphatic rings. The quantitative estimate of drug-likeness (QED) is 0.683. The summed E-state index contributed by atoms with van der Waals surface area (Å²) in [6.45, 7) is 1.73. The Kier molecular flexibility index (Phi) is 5.65. The monoisotopic (exact) mass is 413 g/mol. The SMILES string of the molecule is O=C(NCC1(c2cccc(Cl)c2)CCOCC1)c1cncn1-c1ccc(F)cc1. The average molecular weight is 414 g/mol. The van der Waals surface area contributed by atoms with Gasteiger partial charge in [-0.25, -0.2) is 9.37 Å². The molecule has 0 bridgehead atoms. The molecule has 1 fully saturated rings. The van der Waals surface area contributed by atoms with Crippen LogP contribution >= 0.6 is 11.6 Å². The molecule has 0 aliphatic carbocycles. The summed E-state index contributed by atoms with van der Waals surface area (Å²) in [5.41, 5.74) is 1.93. The zero-order valence-electron chi connectivity index (χ0n) is 15.8. The number of nitrogens with zero attached hydrogens (tertiary/aromatic N) is 2. The fourth-order valence-corrected chi connectivity index (χ4v) is 3.95. The first-order valence-corrected chi connectivity index (χ1v) is 9.85. The summed E-state index contributed by atoms with van der Waals surface area (Å²) in [6.07, 6.45) is 4.65. The number of carbonyl (C=O) groups is 1. The topological polar surface area (TPSA) is 56.1 Å². The van der Waals surface area contributed by atoms with Gasteiger partial charge in [0.15, 0.2) is 0 Å². The van der Waals surface area contributed by atoms with Gasteiger partial charge in [-0.3, -0.25) is 9.36 Å². The van der Waals surface area contributed by atoms with Gasteiger partial charge in [-0.1, -0.05) is 23.7 Å². The van der Waals surface area contributed by atoms with E-state index < -0.39 is 0 Å². The highest BCUT2D eigenvalue weighted by molar-refractivity contribution is 6.30. The molecule has 1 amide bonds. The fraction of sp³-hybridized carbons (Fsp3) is 0.273. The van der Waals surface area contributed by atoms with E-state index in [2.05, 4.69) is 10.3 Å². The predicted molar refractivity (Wildman–Crippen MR) is 109 cm³/mol. The van der Waals surface area contributed by atoms with Crippen LogP contribution in [-0.2, 0) is 10.2 Å². The van der Waals surface area contributed by atoms with Crippen LogP contribution < -0.4 is 5.32 Å². The van der Waals surface area contributed by atoms with Gasteiger partial charge in [-0.05, 0) is 54.8 Å². The molecule has 1 aromatic heterocycles. The summed E-state index contributed by atoms with van der Waals surface area (Å²) in [5, 5.41) is 3.74. The Morgan fingerprint density at radius 2 is 1.97 bits per heavy atom. The van der Waals surface area contributed by atoms with Gasteiger partial charge in [0.25, 0.3) is 5.91 Å². The molecule has 1 aliphatic heterocycles. The van der Waals surface area contributed by atoms with E-state index in [-0.39, 0.29) is 17.1 Å². The minimum Gasteiger partial charge on any atom is -0.381 e. The van der Waals surface area contributed by atoms with Crippen molar-refractivity contribution in [3.63, 3.8) is 0 Å². The minimum absolute atomic E-state index is 0.236. The van der Waals surface area contributed by atoms with E-state index in [4.69, 9.17) is 16.3 Å². The summed E-state index contributed by atoms with van der Waals surface area (Å²) >= 11 is 6.21. The largest absolute Gasteiger partial charge is 0.381 e. The zero-order chi connectivity index (χ0) is 20.3. The van der Waals surface area contributed by atoms with Gasteiger partial charge in [0, 0.05) is 35.9 Å². The van der Waals surface area contributed by atoms with Gasteiger partial charge in [0.05, 0.1) is 12.5 Å². The van der Waals surface area contributed by atoms with Crippen LogP contribution in [0.3, 0.4) is 0 Å². The number of hydrogen-bond donors (Lipinski definition) is 1. The first kappa shape index (κ1) is 19.6. The number of nitrogens with one attached hydrogen (secondary N) is 1. The predicted octanol–water partition coefficient (Wildman–Crippen LogP) is 4.14. The maximum Gasteiger partial charge on any atom is 0.269 e. The molecule has 2 aromatic carbocycles. The van der Waals surface area contributed by atoms with Crippen LogP contribution in [-0.4, -0.2) is 35.2 Å². The van der Waals surface area contributed by atoms with Crippen molar-refractivity contribution in [3.05, 3.63) is 83.2 Å². The Hall–Kier alpha value is -2.70. The molecule has 150 valence electrons. The van der Waals surface area contributed by atoms with E-state index in [1.54, 1.807) is 23.0 Å². The second-order valence-corrected chi connectivity index (χ2v) is 7.65. The zero-order valence-corrected chi connectivity index (χ0v) is 16.5. The van der Waals surface area contributed by atoms with E-state index in [0.717, 1.165) is 18.4 Å². The van der Waals surface area contributed by atoms with Crippen LogP contribution in [0, 0.1) is 5.82 Å². The fourth-order valence-electron chi connectivity index (χ4n) is 3.76. The highest BCUT2D eigenvalue weighted by Gasteiger charge is 2.35. The Morgan fingerprint density at radius 1 is 1.21 bits per heavy atom. The van der Waals surface area contributed by atoms with Crippen molar-refractivity contribution in [2.75, 3.05) is 19.8 Å². The molecular formula is C22H21ClFN3O2. The van der Waals surface area contributed by atoms with Gasteiger partial charge >= 0.3 is 0 Å². The van der Waals surface area contributed by atoms with Crippen molar-refractivity contribution < 1.29 is 13.9 Å². The van der Waals surface area contributed by atoms with Crippen molar-refractivity contribution >= 4 is 17.5 Å². The lowest BCUT2D eigenvalue weighted by Gasteiger charge is -2.38.